The SMILES string of the molecule is CCC(C)C(CN)c1ccccc1O. The summed E-state index contributed by atoms with van der Waals surface area (Å²) in [5, 5.41) is 9.70. The second kappa shape index (κ2) is 5.01. The van der Waals surface area contributed by atoms with E-state index in [9.17, 15) is 5.11 Å². The molecule has 2 unspecified atom stereocenters. The molecule has 14 heavy (non-hydrogen) atoms. The first kappa shape index (κ1) is 11.1. The van der Waals surface area contributed by atoms with Gasteiger partial charge < -0.3 is 10.8 Å². The molecule has 0 saturated heterocycles. The molecule has 0 heterocycles. The lowest BCUT2D eigenvalue weighted by atomic mass is 9.85. The van der Waals surface area contributed by atoms with Gasteiger partial charge in [0.1, 0.15) is 5.75 Å². The Labute approximate surface area is 85.8 Å². The zero-order valence-electron chi connectivity index (χ0n) is 8.90. The average Bonchev–Trinajstić information content (AvgIpc) is 2.21. The summed E-state index contributed by atoms with van der Waals surface area (Å²) in [6, 6.07) is 7.46. The van der Waals surface area contributed by atoms with Crippen LogP contribution in [0.5, 0.6) is 5.75 Å². The Hall–Kier alpha value is -1.02. The Bertz CT molecular complexity index is 285. The number of hydrogen-bond acceptors (Lipinski definition) is 2. The van der Waals surface area contributed by atoms with Crippen molar-refractivity contribution in [2.45, 2.75) is 26.2 Å². The molecular weight excluding hydrogens is 174 g/mol. The maximum absolute atomic E-state index is 9.70. The zero-order valence-corrected chi connectivity index (χ0v) is 8.90. The van der Waals surface area contributed by atoms with Gasteiger partial charge in [-0.1, -0.05) is 38.5 Å². The van der Waals surface area contributed by atoms with E-state index in [1.165, 1.54) is 0 Å². The van der Waals surface area contributed by atoms with Gasteiger partial charge in [0.05, 0.1) is 0 Å². The van der Waals surface area contributed by atoms with Crippen molar-refractivity contribution in [3.63, 3.8) is 0 Å². The predicted octanol–water partition coefficient (Wildman–Crippen LogP) is 2.48. The Morgan fingerprint density at radius 1 is 1.36 bits per heavy atom. The highest BCUT2D eigenvalue weighted by atomic mass is 16.3. The summed E-state index contributed by atoms with van der Waals surface area (Å²) in [5.74, 6) is 1.14. The number of aromatic hydroxyl groups is 1. The summed E-state index contributed by atoms with van der Waals surface area (Å²) in [7, 11) is 0. The average molecular weight is 193 g/mol. The molecule has 0 aliphatic carbocycles. The minimum Gasteiger partial charge on any atom is -0.508 e. The summed E-state index contributed by atoms with van der Waals surface area (Å²) < 4.78 is 0. The summed E-state index contributed by atoms with van der Waals surface area (Å²) in [5.41, 5.74) is 6.72. The Balaban J connectivity index is 2.94. The lowest BCUT2D eigenvalue weighted by Gasteiger charge is -2.22. The molecule has 1 rings (SSSR count). The fourth-order valence-corrected chi connectivity index (χ4v) is 1.75. The van der Waals surface area contributed by atoms with E-state index in [2.05, 4.69) is 13.8 Å². The highest BCUT2D eigenvalue weighted by Gasteiger charge is 2.18. The van der Waals surface area contributed by atoms with Crippen molar-refractivity contribution in [2.24, 2.45) is 11.7 Å². The quantitative estimate of drug-likeness (QED) is 0.771. The van der Waals surface area contributed by atoms with Gasteiger partial charge in [0.15, 0.2) is 0 Å². The molecule has 1 aromatic carbocycles. The third-order valence-corrected chi connectivity index (χ3v) is 2.92. The van der Waals surface area contributed by atoms with Crippen molar-refractivity contribution in [1.29, 1.82) is 0 Å². The van der Waals surface area contributed by atoms with Crippen LogP contribution in [0.4, 0.5) is 0 Å². The van der Waals surface area contributed by atoms with E-state index in [0.29, 0.717) is 18.2 Å². The largest absolute Gasteiger partial charge is 0.508 e. The number of nitrogens with two attached hydrogens (primary N) is 1. The number of phenols is 1. The van der Waals surface area contributed by atoms with Crippen LogP contribution in [0.2, 0.25) is 0 Å². The Morgan fingerprint density at radius 3 is 2.50 bits per heavy atom. The van der Waals surface area contributed by atoms with Gasteiger partial charge in [0, 0.05) is 5.92 Å². The number of rotatable bonds is 4. The molecule has 0 fully saturated rings. The molecule has 2 heteroatoms. The monoisotopic (exact) mass is 193 g/mol. The normalized spacial score (nSPS) is 15.1. The molecule has 0 radical (unpaired) electrons. The lowest BCUT2D eigenvalue weighted by molar-refractivity contribution is 0.416. The number of para-hydroxylation sites is 1. The van der Waals surface area contributed by atoms with Crippen LogP contribution in [0, 0.1) is 5.92 Å². The first-order chi connectivity index (χ1) is 6.70. The van der Waals surface area contributed by atoms with Gasteiger partial charge in [0.25, 0.3) is 0 Å². The molecule has 78 valence electrons. The smallest absolute Gasteiger partial charge is 0.119 e. The van der Waals surface area contributed by atoms with Gasteiger partial charge in [0.2, 0.25) is 0 Å². The van der Waals surface area contributed by atoms with Gasteiger partial charge >= 0.3 is 0 Å². The Kier molecular flexibility index (Phi) is 3.96. The predicted molar refractivity (Wildman–Crippen MR) is 59.4 cm³/mol. The molecule has 2 nitrogen and oxygen atoms in total. The highest BCUT2D eigenvalue weighted by Crippen LogP contribution is 2.31. The maximum Gasteiger partial charge on any atom is 0.119 e. The van der Waals surface area contributed by atoms with Gasteiger partial charge in [-0.25, -0.2) is 0 Å². The summed E-state index contributed by atoms with van der Waals surface area (Å²) in [4.78, 5) is 0. The fourth-order valence-electron chi connectivity index (χ4n) is 1.75. The van der Waals surface area contributed by atoms with E-state index in [1.54, 1.807) is 6.07 Å². The first-order valence-corrected chi connectivity index (χ1v) is 5.18. The van der Waals surface area contributed by atoms with Crippen LogP contribution in [0.3, 0.4) is 0 Å². The molecule has 2 atom stereocenters. The van der Waals surface area contributed by atoms with Crippen LogP contribution < -0.4 is 5.73 Å². The van der Waals surface area contributed by atoms with Crippen molar-refractivity contribution in [3.8, 4) is 5.75 Å². The minimum absolute atomic E-state index is 0.265. The van der Waals surface area contributed by atoms with Crippen molar-refractivity contribution >= 4 is 0 Å². The van der Waals surface area contributed by atoms with E-state index in [1.807, 2.05) is 18.2 Å². The zero-order chi connectivity index (χ0) is 10.6. The van der Waals surface area contributed by atoms with Crippen LogP contribution in [0.15, 0.2) is 24.3 Å². The van der Waals surface area contributed by atoms with E-state index >= 15 is 0 Å². The molecule has 0 aliphatic rings. The fraction of sp³-hybridized carbons (Fsp3) is 0.500. The third kappa shape index (κ3) is 2.26. The van der Waals surface area contributed by atoms with Crippen LogP contribution in [-0.4, -0.2) is 11.7 Å². The van der Waals surface area contributed by atoms with Crippen LogP contribution >= 0.6 is 0 Å². The standard InChI is InChI=1S/C12H19NO/c1-3-9(2)11(8-13)10-6-4-5-7-12(10)14/h4-7,9,11,14H,3,8,13H2,1-2H3. The van der Waals surface area contributed by atoms with E-state index < -0.39 is 0 Å². The molecule has 0 saturated carbocycles. The highest BCUT2D eigenvalue weighted by molar-refractivity contribution is 5.35. The van der Waals surface area contributed by atoms with Gasteiger partial charge in [-0.3, -0.25) is 0 Å². The molecule has 1 aromatic rings. The number of hydrogen-bond donors (Lipinski definition) is 2. The van der Waals surface area contributed by atoms with Crippen molar-refractivity contribution in [2.75, 3.05) is 6.54 Å². The second-order valence-electron chi connectivity index (χ2n) is 3.79. The van der Waals surface area contributed by atoms with Crippen molar-refractivity contribution in [1.82, 2.24) is 0 Å². The summed E-state index contributed by atoms with van der Waals surface area (Å²) >= 11 is 0. The number of phenolic OH excluding ortho intramolecular Hbond substituents is 1. The van der Waals surface area contributed by atoms with E-state index in [4.69, 9.17) is 5.73 Å². The molecule has 0 amide bonds. The van der Waals surface area contributed by atoms with Crippen molar-refractivity contribution in [3.05, 3.63) is 29.8 Å². The van der Waals surface area contributed by atoms with Crippen molar-refractivity contribution < 1.29 is 5.11 Å². The van der Waals surface area contributed by atoms with Gasteiger partial charge in [-0.05, 0) is 24.1 Å². The first-order valence-electron chi connectivity index (χ1n) is 5.18. The molecule has 0 aliphatic heterocycles. The third-order valence-electron chi connectivity index (χ3n) is 2.92. The maximum atomic E-state index is 9.70. The van der Waals surface area contributed by atoms with E-state index in [0.717, 1.165) is 12.0 Å². The van der Waals surface area contributed by atoms with Gasteiger partial charge in [-0.15, -0.1) is 0 Å². The summed E-state index contributed by atoms with van der Waals surface area (Å²) in [6.45, 7) is 4.91. The minimum atomic E-state index is 0.265. The van der Waals surface area contributed by atoms with Gasteiger partial charge in [-0.2, -0.15) is 0 Å². The summed E-state index contributed by atoms with van der Waals surface area (Å²) in [6.07, 6.45) is 1.08. The van der Waals surface area contributed by atoms with E-state index in [-0.39, 0.29) is 5.92 Å². The topological polar surface area (TPSA) is 46.2 Å². The van der Waals surface area contributed by atoms with Crippen LogP contribution in [0.1, 0.15) is 31.7 Å². The van der Waals surface area contributed by atoms with Crippen LogP contribution in [0.25, 0.3) is 0 Å². The molecule has 3 N–H and O–H groups in total. The molecule has 0 bridgehead atoms. The second-order valence-corrected chi connectivity index (χ2v) is 3.79. The molecular formula is C12H19NO. The lowest BCUT2D eigenvalue weighted by Crippen LogP contribution is -2.19. The number of benzene rings is 1. The molecule has 0 aromatic heterocycles. The molecule has 0 spiro atoms. The Morgan fingerprint density at radius 2 is 2.00 bits per heavy atom. The van der Waals surface area contributed by atoms with Crippen LogP contribution in [-0.2, 0) is 0 Å².